The Kier molecular flexibility index (Phi) is 2.58. The molecule has 14 heavy (non-hydrogen) atoms. The molecule has 0 saturated carbocycles. The first kappa shape index (κ1) is 10.1. The van der Waals surface area contributed by atoms with Crippen LogP contribution in [0.4, 0.5) is 0 Å². The SMILES string of the molecule is CC1Sc2c(Br)cccc2C1C(=O)O. The quantitative estimate of drug-likeness (QED) is 0.854. The molecule has 1 N–H and O–H groups in total. The summed E-state index contributed by atoms with van der Waals surface area (Å²) < 4.78 is 0.996. The number of carboxylic acid groups (broad SMARTS) is 1. The zero-order chi connectivity index (χ0) is 10.3. The van der Waals surface area contributed by atoms with Gasteiger partial charge in [0, 0.05) is 14.6 Å². The summed E-state index contributed by atoms with van der Waals surface area (Å²) in [4.78, 5) is 12.1. The van der Waals surface area contributed by atoms with Crippen LogP contribution in [0.1, 0.15) is 18.4 Å². The summed E-state index contributed by atoms with van der Waals surface area (Å²) in [5.74, 6) is -1.10. The van der Waals surface area contributed by atoms with Crippen molar-refractivity contribution in [2.24, 2.45) is 0 Å². The Morgan fingerprint density at radius 1 is 1.57 bits per heavy atom. The van der Waals surface area contributed by atoms with Crippen molar-refractivity contribution < 1.29 is 9.90 Å². The number of hydrogen-bond donors (Lipinski definition) is 1. The zero-order valence-electron chi connectivity index (χ0n) is 7.53. The Labute approximate surface area is 94.8 Å². The van der Waals surface area contributed by atoms with Gasteiger partial charge in [0.25, 0.3) is 0 Å². The molecule has 0 saturated heterocycles. The van der Waals surface area contributed by atoms with E-state index in [1.807, 2.05) is 25.1 Å². The van der Waals surface area contributed by atoms with E-state index in [1.165, 1.54) is 0 Å². The van der Waals surface area contributed by atoms with Gasteiger partial charge >= 0.3 is 5.97 Å². The highest BCUT2D eigenvalue weighted by Gasteiger charge is 2.36. The lowest BCUT2D eigenvalue weighted by atomic mass is 9.97. The Bertz CT molecular complexity index is 392. The fourth-order valence-electron chi connectivity index (χ4n) is 1.74. The monoisotopic (exact) mass is 272 g/mol. The average molecular weight is 273 g/mol. The van der Waals surface area contributed by atoms with Crippen LogP contribution < -0.4 is 0 Å². The molecule has 1 heterocycles. The Morgan fingerprint density at radius 3 is 2.93 bits per heavy atom. The third kappa shape index (κ3) is 1.46. The van der Waals surface area contributed by atoms with Gasteiger partial charge in [-0.1, -0.05) is 19.1 Å². The van der Waals surface area contributed by atoms with Crippen molar-refractivity contribution in [1.29, 1.82) is 0 Å². The highest BCUT2D eigenvalue weighted by Crippen LogP contribution is 2.48. The van der Waals surface area contributed by atoms with Crippen molar-refractivity contribution in [2.75, 3.05) is 0 Å². The maximum Gasteiger partial charge on any atom is 0.312 e. The smallest absolute Gasteiger partial charge is 0.312 e. The summed E-state index contributed by atoms with van der Waals surface area (Å²) in [5, 5.41) is 9.20. The van der Waals surface area contributed by atoms with Crippen molar-refractivity contribution in [3.63, 3.8) is 0 Å². The van der Waals surface area contributed by atoms with Crippen LogP contribution in [0, 0.1) is 0 Å². The van der Waals surface area contributed by atoms with E-state index in [4.69, 9.17) is 5.11 Å². The minimum Gasteiger partial charge on any atom is -0.481 e. The van der Waals surface area contributed by atoms with Gasteiger partial charge in [-0.15, -0.1) is 11.8 Å². The minimum atomic E-state index is -0.734. The Balaban J connectivity index is 2.53. The minimum absolute atomic E-state index is 0.112. The number of thioether (sulfide) groups is 1. The third-order valence-corrected chi connectivity index (χ3v) is 4.63. The summed E-state index contributed by atoms with van der Waals surface area (Å²) in [7, 11) is 0. The van der Waals surface area contributed by atoms with Crippen LogP contribution in [-0.2, 0) is 4.79 Å². The Hall–Kier alpha value is -0.480. The third-order valence-electron chi connectivity index (χ3n) is 2.37. The van der Waals surface area contributed by atoms with Gasteiger partial charge in [0.05, 0.1) is 5.92 Å². The molecule has 2 nitrogen and oxygen atoms in total. The molecule has 2 unspecified atom stereocenters. The molecule has 74 valence electrons. The molecule has 1 aliphatic heterocycles. The molecule has 0 spiro atoms. The molecule has 0 radical (unpaired) electrons. The number of carboxylic acids is 1. The number of rotatable bonds is 1. The van der Waals surface area contributed by atoms with Crippen molar-refractivity contribution >= 4 is 33.7 Å². The second-order valence-corrected chi connectivity index (χ2v) is 5.54. The maximum absolute atomic E-state index is 11.1. The number of fused-ring (bicyclic) bond motifs is 1. The topological polar surface area (TPSA) is 37.3 Å². The van der Waals surface area contributed by atoms with Crippen molar-refractivity contribution in [2.45, 2.75) is 23.0 Å². The number of carbonyl (C=O) groups is 1. The van der Waals surface area contributed by atoms with E-state index in [9.17, 15) is 4.79 Å². The van der Waals surface area contributed by atoms with Gasteiger partial charge in [-0.2, -0.15) is 0 Å². The highest BCUT2D eigenvalue weighted by atomic mass is 79.9. The first-order chi connectivity index (χ1) is 6.61. The molecule has 1 aromatic rings. The molecular formula is C10H9BrO2S. The first-order valence-corrected chi connectivity index (χ1v) is 5.96. The van der Waals surface area contributed by atoms with Crippen LogP contribution in [0.15, 0.2) is 27.6 Å². The lowest BCUT2D eigenvalue weighted by molar-refractivity contribution is -0.138. The van der Waals surface area contributed by atoms with E-state index in [2.05, 4.69) is 15.9 Å². The molecule has 4 heteroatoms. The van der Waals surface area contributed by atoms with Gasteiger partial charge in [0.2, 0.25) is 0 Å². The van der Waals surface area contributed by atoms with Crippen molar-refractivity contribution in [3.8, 4) is 0 Å². The second-order valence-electron chi connectivity index (χ2n) is 3.30. The largest absolute Gasteiger partial charge is 0.481 e. The number of hydrogen-bond acceptors (Lipinski definition) is 2. The molecule has 0 amide bonds. The summed E-state index contributed by atoms with van der Waals surface area (Å²) >= 11 is 5.06. The van der Waals surface area contributed by atoms with E-state index in [-0.39, 0.29) is 11.2 Å². The maximum atomic E-state index is 11.1. The van der Waals surface area contributed by atoms with Crippen molar-refractivity contribution in [3.05, 3.63) is 28.2 Å². The van der Waals surface area contributed by atoms with Crippen LogP contribution >= 0.6 is 27.7 Å². The summed E-state index contributed by atoms with van der Waals surface area (Å²) in [6.45, 7) is 1.95. The molecule has 2 atom stereocenters. The summed E-state index contributed by atoms with van der Waals surface area (Å²) in [6.07, 6.45) is 0. The van der Waals surface area contributed by atoms with Gasteiger partial charge in [0.1, 0.15) is 0 Å². The number of halogens is 1. The van der Waals surface area contributed by atoms with Crippen LogP contribution in [0.5, 0.6) is 0 Å². The van der Waals surface area contributed by atoms with Crippen LogP contribution in [0.2, 0.25) is 0 Å². The number of benzene rings is 1. The zero-order valence-corrected chi connectivity index (χ0v) is 9.93. The molecular weight excluding hydrogens is 264 g/mol. The first-order valence-electron chi connectivity index (χ1n) is 4.29. The lowest BCUT2D eigenvalue weighted by Gasteiger charge is -2.09. The van der Waals surface area contributed by atoms with E-state index >= 15 is 0 Å². The second kappa shape index (κ2) is 3.59. The summed E-state index contributed by atoms with van der Waals surface area (Å²) in [5.41, 5.74) is 0.935. The van der Waals surface area contributed by atoms with E-state index in [0.29, 0.717) is 0 Å². The summed E-state index contributed by atoms with van der Waals surface area (Å²) in [6, 6.07) is 5.73. The van der Waals surface area contributed by atoms with Gasteiger partial charge in [-0.3, -0.25) is 4.79 Å². The molecule has 0 bridgehead atoms. The van der Waals surface area contributed by atoms with Crippen LogP contribution in [0.25, 0.3) is 0 Å². The molecule has 0 aromatic heterocycles. The molecule has 0 aliphatic carbocycles. The highest BCUT2D eigenvalue weighted by molar-refractivity contribution is 9.10. The fraction of sp³-hybridized carbons (Fsp3) is 0.300. The molecule has 1 aliphatic rings. The molecule has 0 fully saturated rings. The van der Waals surface area contributed by atoms with E-state index < -0.39 is 5.97 Å². The number of aliphatic carboxylic acids is 1. The average Bonchev–Trinajstić information content (AvgIpc) is 2.42. The normalized spacial score (nSPS) is 24.7. The Morgan fingerprint density at radius 2 is 2.29 bits per heavy atom. The van der Waals surface area contributed by atoms with Crippen molar-refractivity contribution in [1.82, 2.24) is 0 Å². The predicted octanol–water partition coefficient (Wildman–Crippen LogP) is 3.11. The molecule has 2 rings (SSSR count). The standard InChI is InChI=1S/C10H9BrO2S/c1-5-8(10(12)13)6-3-2-4-7(11)9(6)14-5/h2-5,8H,1H3,(H,12,13). The predicted molar refractivity (Wildman–Crippen MR) is 59.8 cm³/mol. The van der Waals surface area contributed by atoms with E-state index in [1.54, 1.807) is 11.8 Å². The van der Waals surface area contributed by atoms with Crippen LogP contribution in [0.3, 0.4) is 0 Å². The molecule has 1 aromatic carbocycles. The van der Waals surface area contributed by atoms with Gasteiger partial charge in [-0.05, 0) is 27.6 Å². The van der Waals surface area contributed by atoms with Crippen LogP contribution in [-0.4, -0.2) is 16.3 Å². The van der Waals surface area contributed by atoms with Gasteiger partial charge in [-0.25, -0.2) is 0 Å². The van der Waals surface area contributed by atoms with Gasteiger partial charge < -0.3 is 5.11 Å². The van der Waals surface area contributed by atoms with Gasteiger partial charge in [0.15, 0.2) is 0 Å². The lowest BCUT2D eigenvalue weighted by Crippen LogP contribution is -2.16. The van der Waals surface area contributed by atoms with E-state index in [0.717, 1.165) is 14.9 Å². The fourth-order valence-corrected chi connectivity index (χ4v) is 3.68.